The highest BCUT2D eigenvalue weighted by atomic mass is 16.7. The van der Waals surface area contributed by atoms with E-state index in [4.69, 9.17) is 42.6 Å². The zero-order valence-electron chi connectivity index (χ0n) is 37.6. The SMILES string of the molecule is CO[C@H]1O[C@H](COCc2ccccc2)[C@@H](OCc2ccccc2)[C@H](OCc2ccccc2)[C@@H]1C[C@@H]1O[C@H](COCc2ccccc2)[C@@H](OCc2ccccc2)[C@H](OCc2ccccc2)[C@H]1O. The van der Waals surface area contributed by atoms with E-state index in [0.717, 1.165) is 33.4 Å². The van der Waals surface area contributed by atoms with Crippen LogP contribution in [0.5, 0.6) is 0 Å². The van der Waals surface area contributed by atoms with Crippen molar-refractivity contribution in [3.63, 3.8) is 0 Å². The van der Waals surface area contributed by atoms with Gasteiger partial charge in [-0.25, -0.2) is 0 Å². The zero-order chi connectivity index (χ0) is 45.2. The van der Waals surface area contributed by atoms with Crippen LogP contribution in [0.1, 0.15) is 39.8 Å². The average molecular weight is 895 g/mol. The quantitative estimate of drug-likeness (QED) is 0.0670. The summed E-state index contributed by atoms with van der Waals surface area (Å²) in [5.41, 5.74) is 6.07. The van der Waals surface area contributed by atoms with E-state index in [2.05, 4.69) is 0 Å². The van der Waals surface area contributed by atoms with Crippen molar-refractivity contribution >= 4 is 0 Å². The highest BCUT2D eigenvalue weighted by Crippen LogP contribution is 2.39. The molecule has 0 aromatic heterocycles. The third-order valence-corrected chi connectivity index (χ3v) is 12.2. The van der Waals surface area contributed by atoms with Gasteiger partial charge in [0.1, 0.15) is 36.6 Å². The Labute approximate surface area is 389 Å². The predicted octanol–water partition coefficient (Wildman–Crippen LogP) is 9.27. The summed E-state index contributed by atoms with van der Waals surface area (Å²) in [5, 5.41) is 12.6. The van der Waals surface area contributed by atoms with Gasteiger partial charge in [0.05, 0.1) is 65.1 Å². The van der Waals surface area contributed by atoms with E-state index in [-0.39, 0.29) is 26.2 Å². The Kier molecular flexibility index (Phi) is 18.1. The normalized spacial score (nSPS) is 25.4. The number of methoxy groups -OCH3 is 1. The minimum atomic E-state index is -1.12. The van der Waals surface area contributed by atoms with Crippen molar-refractivity contribution in [3.8, 4) is 0 Å². The van der Waals surface area contributed by atoms with E-state index in [1.165, 1.54) is 0 Å². The van der Waals surface area contributed by atoms with Crippen LogP contribution in [0.2, 0.25) is 0 Å². The second-order valence-electron chi connectivity index (χ2n) is 16.9. The van der Waals surface area contributed by atoms with Gasteiger partial charge >= 0.3 is 0 Å². The van der Waals surface area contributed by atoms with Gasteiger partial charge in [0.15, 0.2) is 6.29 Å². The van der Waals surface area contributed by atoms with Crippen LogP contribution in [0, 0.1) is 5.92 Å². The highest BCUT2D eigenvalue weighted by molar-refractivity contribution is 5.18. The van der Waals surface area contributed by atoms with Crippen molar-refractivity contribution in [2.45, 2.75) is 101 Å². The molecule has 66 heavy (non-hydrogen) atoms. The molecule has 0 bridgehead atoms. The van der Waals surface area contributed by atoms with Gasteiger partial charge in [-0.05, 0) is 39.8 Å². The molecule has 1 N–H and O–H groups in total. The number of aliphatic hydroxyl groups excluding tert-OH is 1. The summed E-state index contributed by atoms with van der Waals surface area (Å²) in [5.74, 6) is -0.480. The van der Waals surface area contributed by atoms with Crippen LogP contribution >= 0.6 is 0 Å². The second-order valence-corrected chi connectivity index (χ2v) is 16.9. The first kappa shape index (κ1) is 47.4. The van der Waals surface area contributed by atoms with E-state index >= 15 is 0 Å². The maximum atomic E-state index is 12.6. The first-order valence-electron chi connectivity index (χ1n) is 23.0. The van der Waals surface area contributed by atoms with Crippen molar-refractivity contribution in [3.05, 3.63) is 215 Å². The zero-order valence-corrected chi connectivity index (χ0v) is 37.6. The predicted molar refractivity (Wildman–Crippen MR) is 251 cm³/mol. The molecule has 2 aliphatic heterocycles. The molecule has 6 aromatic rings. The van der Waals surface area contributed by atoms with Crippen molar-refractivity contribution in [2.75, 3.05) is 20.3 Å². The van der Waals surface area contributed by atoms with Crippen LogP contribution in [0.3, 0.4) is 0 Å². The molecule has 0 saturated carbocycles. The summed E-state index contributed by atoms with van der Waals surface area (Å²) in [6.45, 7) is 2.37. The van der Waals surface area contributed by atoms with E-state index in [1.54, 1.807) is 7.11 Å². The lowest BCUT2D eigenvalue weighted by Crippen LogP contribution is -2.63. The van der Waals surface area contributed by atoms with Gasteiger partial charge in [-0.3, -0.25) is 0 Å². The topological polar surface area (TPSA) is 103 Å². The minimum absolute atomic E-state index is 0.190. The van der Waals surface area contributed by atoms with Crippen LogP contribution in [0.15, 0.2) is 182 Å². The number of aliphatic hydroxyl groups is 1. The second kappa shape index (κ2) is 25.2. The molecule has 10 heteroatoms. The Morgan fingerprint density at radius 2 is 0.697 bits per heavy atom. The van der Waals surface area contributed by atoms with Gasteiger partial charge in [0.2, 0.25) is 0 Å². The van der Waals surface area contributed by atoms with Crippen LogP contribution in [0.25, 0.3) is 0 Å². The average Bonchev–Trinajstić information content (AvgIpc) is 3.37. The van der Waals surface area contributed by atoms with Crippen LogP contribution in [0.4, 0.5) is 0 Å². The molecule has 0 aliphatic carbocycles. The third-order valence-electron chi connectivity index (χ3n) is 12.2. The molecule has 0 radical (unpaired) electrons. The molecule has 2 fully saturated rings. The molecular weight excluding hydrogens is 833 g/mol. The van der Waals surface area contributed by atoms with Crippen LogP contribution < -0.4 is 0 Å². The molecule has 0 spiro atoms. The largest absolute Gasteiger partial charge is 0.388 e. The summed E-state index contributed by atoms with van der Waals surface area (Å²) in [4.78, 5) is 0. The first-order chi connectivity index (χ1) is 32.6. The molecule has 10 atom stereocenters. The molecule has 2 saturated heterocycles. The fourth-order valence-corrected chi connectivity index (χ4v) is 8.78. The van der Waals surface area contributed by atoms with Gasteiger partial charge in [-0.2, -0.15) is 0 Å². The van der Waals surface area contributed by atoms with Crippen molar-refractivity contribution in [1.82, 2.24) is 0 Å². The number of hydrogen-bond acceptors (Lipinski definition) is 10. The number of rotatable bonds is 23. The van der Waals surface area contributed by atoms with Crippen molar-refractivity contribution < 1.29 is 47.7 Å². The summed E-state index contributed by atoms with van der Waals surface area (Å²) >= 11 is 0. The minimum Gasteiger partial charge on any atom is -0.388 e. The Morgan fingerprint density at radius 3 is 1.08 bits per heavy atom. The van der Waals surface area contributed by atoms with Crippen LogP contribution in [-0.2, 0) is 82.3 Å². The highest BCUT2D eigenvalue weighted by Gasteiger charge is 2.53. The Morgan fingerprint density at radius 1 is 0.379 bits per heavy atom. The fourth-order valence-electron chi connectivity index (χ4n) is 8.78. The summed E-state index contributed by atoms with van der Waals surface area (Å²) in [6, 6.07) is 60.1. The summed E-state index contributed by atoms with van der Waals surface area (Å²) < 4.78 is 60.2. The van der Waals surface area contributed by atoms with E-state index in [9.17, 15) is 5.11 Å². The monoisotopic (exact) mass is 894 g/mol. The maximum absolute atomic E-state index is 12.6. The Bertz CT molecular complexity index is 2220. The molecule has 346 valence electrons. The summed E-state index contributed by atoms with van der Waals surface area (Å²) in [7, 11) is 1.64. The summed E-state index contributed by atoms with van der Waals surface area (Å²) in [6.07, 6.45) is -6.24. The standard InChI is InChI=1S/C56H62O10/c1-58-56-47(52(61-35-43-24-12-4-13-25-43)53(62-36-44-26-14-5-15-27-44)50(66-56)40-60-34-42-22-10-3-11-23-42)32-48-51(57)55(64-38-46-30-18-7-19-31-46)54(63-37-45-28-16-6-17-29-45)49(65-48)39-59-33-41-20-8-2-9-21-41/h2-31,47-57H,32-40H2,1H3/t47-,48-,49+,50+,51-,52+,53+,54+,55+,56-/m0/s1. The molecule has 8 rings (SSSR count). The van der Waals surface area contributed by atoms with Crippen molar-refractivity contribution in [1.29, 1.82) is 0 Å². The molecular formula is C56H62O10. The lowest BCUT2D eigenvalue weighted by Gasteiger charge is -2.49. The Hall–Kier alpha value is -5.08. The lowest BCUT2D eigenvalue weighted by atomic mass is 9.82. The Balaban J connectivity index is 1.10. The molecule has 6 aromatic carbocycles. The molecule has 10 nitrogen and oxygen atoms in total. The van der Waals surface area contributed by atoms with Crippen molar-refractivity contribution in [2.24, 2.45) is 5.92 Å². The molecule has 2 aliphatic rings. The van der Waals surface area contributed by atoms with E-state index in [0.29, 0.717) is 33.0 Å². The van der Waals surface area contributed by atoms with Crippen LogP contribution in [-0.4, -0.2) is 80.6 Å². The fraction of sp³-hybridized carbons (Fsp3) is 0.357. The molecule has 2 heterocycles. The number of hydrogen-bond donors (Lipinski definition) is 1. The van der Waals surface area contributed by atoms with Gasteiger partial charge in [0.25, 0.3) is 0 Å². The number of ether oxygens (including phenoxy) is 9. The molecule has 0 unspecified atom stereocenters. The number of benzene rings is 6. The van der Waals surface area contributed by atoms with E-state index < -0.39 is 61.0 Å². The van der Waals surface area contributed by atoms with E-state index in [1.807, 2.05) is 182 Å². The maximum Gasteiger partial charge on any atom is 0.163 e. The van der Waals surface area contributed by atoms with Gasteiger partial charge in [-0.1, -0.05) is 182 Å². The third kappa shape index (κ3) is 13.5. The van der Waals surface area contributed by atoms with Gasteiger partial charge < -0.3 is 47.7 Å². The van der Waals surface area contributed by atoms with Gasteiger partial charge in [-0.15, -0.1) is 0 Å². The first-order valence-corrected chi connectivity index (χ1v) is 23.0. The smallest absolute Gasteiger partial charge is 0.163 e. The van der Waals surface area contributed by atoms with Gasteiger partial charge in [0, 0.05) is 13.0 Å². The molecule has 0 amide bonds. The lowest BCUT2D eigenvalue weighted by molar-refractivity contribution is -0.312.